The number of carbonyl (C=O) groups is 2. The summed E-state index contributed by atoms with van der Waals surface area (Å²) in [5.74, 6) is -0.956. The van der Waals surface area contributed by atoms with Gasteiger partial charge in [-0.1, -0.05) is 72.8 Å². The van der Waals surface area contributed by atoms with E-state index >= 15 is 0 Å². The topological polar surface area (TPSA) is 79.2 Å². The number of rotatable bonds is 8. The monoisotopic (exact) mass is 588 g/mol. The Morgan fingerprint density at radius 3 is 2.30 bits per heavy atom. The van der Waals surface area contributed by atoms with Crippen LogP contribution in [-0.2, 0) is 17.9 Å². The van der Waals surface area contributed by atoms with Crippen LogP contribution < -0.4 is 4.74 Å². The first kappa shape index (κ1) is 27.9. The highest BCUT2D eigenvalue weighted by atomic mass is 32.2. The van der Waals surface area contributed by atoms with Gasteiger partial charge in [-0.15, -0.1) is 0 Å². The third kappa shape index (κ3) is 6.34. The second kappa shape index (κ2) is 12.3. The number of halogens is 1. The van der Waals surface area contributed by atoms with Crippen LogP contribution in [0.25, 0.3) is 16.8 Å². The van der Waals surface area contributed by atoms with E-state index in [2.05, 4.69) is 0 Å². The van der Waals surface area contributed by atoms with Crippen LogP contribution >= 0.6 is 11.8 Å². The first-order valence-electron chi connectivity index (χ1n) is 13.5. The van der Waals surface area contributed by atoms with Crippen molar-refractivity contribution in [1.29, 1.82) is 0 Å². The summed E-state index contributed by atoms with van der Waals surface area (Å²) in [5.41, 5.74) is 3.22. The van der Waals surface area contributed by atoms with Gasteiger partial charge in [-0.3, -0.25) is 9.69 Å². The number of para-hydroxylation sites is 1. The average molecular weight is 589 g/mol. The van der Waals surface area contributed by atoms with Gasteiger partial charge in [0.15, 0.2) is 5.17 Å². The minimum atomic E-state index is -1.01. The van der Waals surface area contributed by atoms with Crippen molar-refractivity contribution in [2.45, 2.75) is 13.2 Å². The molecule has 1 fully saturated rings. The van der Waals surface area contributed by atoms with Crippen LogP contribution in [0.4, 0.5) is 10.1 Å². The number of amidine groups is 1. The molecule has 8 heteroatoms. The molecule has 0 aliphatic carbocycles. The predicted molar refractivity (Wildman–Crippen MR) is 168 cm³/mol. The van der Waals surface area contributed by atoms with Gasteiger partial charge >= 0.3 is 5.97 Å². The van der Waals surface area contributed by atoms with Gasteiger partial charge < -0.3 is 9.84 Å². The molecule has 1 amide bonds. The molecule has 1 heterocycles. The number of nitrogens with zero attached hydrogens (tertiary/aromatic N) is 2. The number of aliphatic imine (C=N–C) groups is 1. The molecule has 5 aromatic carbocycles. The number of aromatic carboxylic acids is 1. The summed E-state index contributed by atoms with van der Waals surface area (Å²) >= 11 is 1.27. The zero-order chi connectivity index (χ0) is 29.8. The molecule has 0 saturated carbocycles. The molecule has 1 aliphatic heterocycles. The quantitative estimate of drug-likeness (QED) is 0.186. The number of amides is 1. The molecule has 43 heavy (non-hydrogen) atoms. The molecule has 0 aromatic heterocycles. The molecular formula is C35H25FN2O4S. The molecule has 6 nitrogen and oxygen atoms in total. The average Bonchev–Trinajstić information content (AvgIpc) is 3.31. The molecule has 0 atom stereocenters. The van der Waals surface area contributed by atoms with Gasteiger partial charge in [0.05, 0.1) is 22.7 Å². The fourth-order valence-electron chi connectivity index (χ4n) is 4.70. The smallest absolute Gasteiger partial charge is 0.335 e. The molecule has 0 radical (unpaired) electrons. The van der Waals surface area contributed by atoms with Gasteiger partial charge in [-0.25, -0.2) is 14.2 Å². The van der Waals surface area contributed by atoms with Crippen molar-refractivity contribution in [2.24, 2.45) is 4.99 Å². The summed E-state index contributed by atoms with van der Waals surface area (Å²) in [4.78, 5) is 32.1. The summed E-state index contributed by atoms with van der Waals surface area (Å²) in [6, 6.07) is 33.7. The molecule has 1 N–H and O–H groups in total. The van der Waals surface area contributed by atoms with Gasteiger partial charge in [0, 0.05) is 5.56 Å². The second-order valence-corrected chi connectivity index (χ2v) is 10.9. The third-order valence-corrected chi connectivity index (χ3v) is 7.93. The standard InChI is InChI=1S/C35H25FN2O4S/c36-27-17-12-24(13-18-27)22-42-31-19-16-25-6-4-5-9-29(25)30(31)20-32-33(39)38(21-23-10-14-26(15-11-23)34(40)41)35(43-32)37-28-7-2-1-3-8-28/h1-20H,21-22H2,(H,40,41)/b32-20-,37-35?. The summed E-state index contributed by atoms with van der Waals surface area (Å²) in [6.07, 6.45) is 1.84. The Bertz CT molecular complexity index is 1870. The van der Waals surface area contributed by atoms with E-state index in [4.69, 9.17) is 9.73 Å². The van der Waals surface area contributed by atoms with E-state index in [-0.39, 0.29) is 30.4 Å². The summed E-state index contributed by atoms with van der Waals surface area (Å²) in [7, 11) is 0. The Labute approximate surface area is 251 Å². The van der Waals surface area contributed by atoms with Crippen LogP contribution in [0.1, 0.15) is 27.0 Å². The summed E-state index contributed by atoms with van der Waals surface area (Å²) in [6.45, 7) is 0.452. The minimum absolute atomic E-state index is 0.175. The van der Waals surface area contributed by atoms with E-state index in [0.717, 1.165) is 27.5 Å². The van der Waals surface area contributed by atoms with Crippen LogP contribution in [0.3, 0.4) is 0 Å². The Kier molecular flexibility index (Phi) is 8.02. The third-order valence-electron chi connectivity index (χ3n) is 6.92. The molecule has 5 aromatic rings. The number of fused-ring (bicyclic) bond motifs is 1. The highest BCUT2D eigenvalue weighted by molar-refractivity contribution is 8.18. The molecule has 1 aliphatic rings. The lowest BCUT2D eigenvalue weighted by molar-refractivity contribution is -0.122. The maximum atomic E-state index is 13.9. The molecule has 0 spiro atoms. The number of hydrogen-bond acceptors (Lipinski definition) is 5. The van der Waals surface area contributed by atoms with Crippen LogP contribution in [-0.4, -0.2) is 27.1 Å². The number of carbonyl (C=O) groups excluding carboxylic acids is 1. The van der Waals surface area contributed by atoms with Crippen molar-refractivity contribution in [3.8, 4) is 5.75 Å². The highest BCUT2D eigenvalue weighted by Gasteiger charge is 2.34. The number of carboxylic acid groups (broad SMARTS) is 1. The van der Waals surface area contributed by atoms with Crippen LogP contribution in [0.5, 0.6) is 5.75 Å². The fourth-order valence-corrected chi connectivity index (χ4v) is 5.68. The Morgan fingerprint density at radius 2 is 1.56 bits per heavy atom. The van der Waals surface area contributed by atoms with Gasteiger partial charge in [0.2, 0.25) is 0 Å². The lowest BCUT2D eigenvalue weighted by Crippen LogP contribution is -2.28. The molecule has 212 valence electrons. The maximum Gasteiger partial charge on any atom is 0.335 e. The largest absolute Gasteiger partial charge is 0.488 e. The Hall–Kier alpha value is -5.21. The zero-order valence-corrected chi connectivity index (χ0v) is 23.6. The van der Waals surface area contributed by atoms with E-state index in [0.29, 0.717) is 21.5 Å². The number of carboxylic acids is 1. The van der Waals surface area contributed by atoms with Gasteiger partial charge in [-0.05, 0) is 82.2 Å². The van der Waals surface area contributed by atoms with Crippen molar-refractivity contribution in [1.82, 2.24) is 4.90 Å². The maximum absolute atomic E-state index is 13.9. The number of hydrogen-bond donors (Lipinski definition) is 1. The second-order valence-electron chi connectivity index (χ2n) is 9.85. The minimum Gasteiger partial charge on any atom is -0.488 e. The van der Waals surface area contributed by atoms with Gasteiger partial charge in [0.25, 0.3) is 5.91 Å². The number of benzene rings is 5. The highest BCUT2D eigenvalue weighted by Crippen LogP contribution is 2.38. The molecule has 0 unspecified atom stereocenters. The Balaban J connectivity index is 1.38. The molecule has 0 bridgehead atoms. The van der Waals surface area contributed by atoms with E-state index in [1.165, 1.54) is 36.0 Å². The zero-order valence-electron chi connectivity index (χ0n) is 22.8. The lowest BCUT2D eigenvalue weighted by atomic mass is 10.0. The summed E-state index contributed by atoms with van der Waals surface area (Å²) in [5, 5.41) is 11.7. The van der Waals surface area contributed by atoms with Crippen molar-refractivity contribution < 1.29 is 23.8 Å². The van der Waals surface area contributed by atoms with Crippen molar-refractivity contribution in [3.05, 3.63) is 148 Å². The fraction of sp³-hybridized carbons (Fsp3) is 0.0571. The van der Waals surface area contributed by atoms with Crippen molar-refractivity contribution >= 4 is 51.3 Å². The first-order valence-corrected chi connectivity index (χ1v) is 14.3. The van der Waals surface area contributed by atoms with E-state index in [1.807, 2.05) is 72.8 Å². The Morgan fingerprint density at radius 1 is 0.860 bits per heavy atom. The summed E-state index contributed by atoms with van der Waals surface area (Å²) < 4.78 is 19.6. The van der Waals surface area contributed by atoms with Gasteiger partial charge in [-0.2, -0.15) is 0 Å². The van der Waals surface area contributed by atoms with Crippen LogP contribution in [0.15, 0.2) is 125 Å². The normalized spacial score (nSPS) is 15.0. The van der Waals surface area contributed by atoms with E-state index < -0.39 is 5.97 Å². The SMILES string of the molecule is O=C(O)c1ccc(CN2C(=O)/C(=C/c3c(OCc4ccc(F)cc4)ccc4ccccc34)SC2=Nc2ccccc2)cc1. The predicted octanol–water partition coefficient (Wildman–Crippen LogP) is 8.06. The molecular weight excluding hydrogens is 563 g/mol. The van der Waals surface area contributed by atoms with Gasteiger partial charge in [0.1, 0.15) is 18.2 Å². The van der Waals surface area contributed by atoms with Crippen molar-refractivity contribution in [2.75, 3.05) is 0 Å². The molecule has 1 saturated heterocycles. The van der Waals surface area contributed by atoms with E-state index in [1.54, 1.807) is 29.2 Å². The first-order chi connectivity index (χ1) is 20.9. The lowest BCUT2D eigenvalue weighted by Gasteiger charge is -2.16. The number of thioether (sulfide) groups is 1. The number of ether oxygens (including phenoxy) is 1. The van der Waals surface area contributed by atoms with Crippen LogP contribution in [0.2, 0.25) is 0 Å². The van der Waals surface area contributed by atoms with Crippen molar-refractivity contribution in [3.63, 3.8) is 0 Å². The van der Waals surface area contributed by atoms with E-state index in [9.17, 15) is 19.1 Å². The molecule has 6 rings (SSSR count). The van der Waals surface area contributed by atoms with Crippen LogP contribution in [0, 0.1) is 5.82 Å².